The van der Waals surface area contributed by atoms with Gasteiger partial charge < -0.3 is 39.0 Å². The minimum atomic E-state index is -1.35. The van der Waals surface area contributed by atoms with Crippen LogP contribution in [0, 0.1) is 30.1 Å². The van der Waals surface area contributed by atoms with Crippen LogP contribution in [-0.4, -0.2) is 108 Å². The highest BCUT2D eigenvalue weighted by molar-refractivity contribution is 5.97. The Labute approximate surface area is 260 Å². The highest BCUT2D eigenvalue weighted by Crippen LogP contribution is 2.39. The molecular weight excluding hydrogens is 572 g/mol. The van der Waals surface area contributed by atoms with Crippen molar-refractivity contribution >= 4 is 23.6 Å². The van der Waals surface area contributed by atoms with Gasteiger partial charge in [-0.05, 0) is 54.1 Å². The lowest BCUT2D eigenvalue weighted by atomic mass is 9.74. The summed E-state index contributed by atoms with van der Waals surface area (Å²) in [6, 6.07) is -1.09. The second-order valence-corrected chi connectivity index (χ2v) is 13.2. The summed E-state index contributed by atoms with van der Waals surface area (Å²) in [6.07, 6.45) is 0.729. The third-order valence-electron chi connectivity index (χ3n) is 9.56. The summed E-state index contributed by atoms with van der Waals surface area (Å²) < 4.78 is 30.1. The van der Waals surface area contributed by atoms with Crippen LogP contribution < -0.4 is 5.32 Å². The Kier molecular flexibility index (Phi) is 11.6. The number of ether oxygens (including phenoxy) is 5. The highest BCUT2D eigenvalue weighted by Gasteiger charge is 2.57. The summed E-state index contributed by atoms with van der Waals surface area (Å²) in [4.78, 5) is 55.3. The quantitative estimate of drug-likeness (QED) is 0.255. The fourth-order valence-electron chi connectivity index (χ4n) is 7.10. The van der Waals surface area contributed by atoms with Crippen LogP contribution in [0.4, 0.5) is 4.79 Å². The van der Waals surface area contributed by atoms with Crippen molar-refractivity contribution in [3.8, 4) is 12.3 Å². The summed E-state index contributed by atoms with van der Waals surface area (Å²) >= 11 is 0. The van der Waals surface area contributed by atoms with E-state index in [1.807, 2.05) is 25.9 Å². The Hall–Kier alpha value is -2.56. The number of rotatable bonds is 6. The van der Waals surface area contributed by atoms with E-state index in [1.165, 1.54) is 0 Å². The molecule has 1 amide bonds. The van der Waals surface area contributed by atoms with Gasteiger partial charge in [-0.2, -0.15) is 0 Å². The summed E-state index contributed by atoms with van der Waals surface area (Å²) in [5.41, 5.74) is -2.69. The van der Waals surface area contributed by atoms with Crippen molar-refractivity contribution in [3.63, 3.8) is 0 Å². The first kappa shape index (κ1) is 35.9. The third kappa shape index (κ3) is 7.45. The number of cyclic esters (lactones) is 1. The monoisotopic (exact) mass is 622 g/mol. The molecule has 3 rings (SSSR count). The van der Waals surface area contributed by atoms with Crippen molar-refractivity contribution in [1.29, 1.82) is 0 Å². The first-order valence-corrected chi connectivity index (χ1v) is 15.5. The first-order chi connectivity index (χ1) is 20.5. The molecule has 248 valence electrons. The maximum absolute atomic E-state index is 14.0. The lowest BCUT2D eigenvalue weighted by Crippen LogP contribution is -2.59. The molecule has 3 aliphatic heterocycles. The third-order valence-corrected chi connectivity index (χ3v) is 9.56. The molecule has 0 aromatic rings. The number of hydrogen-bond acceptors (Lipinski definition) is 11. The number of likely N-dealkylation sites (N-methyl/N-ethyl adjacent to an activating group) is 1. The number of esters is 1. The molecule has 0 spiro atoms. The molecule has 12 atom stereocenters. The number of Topliss-reactive ketones (excluding diaryl/α,β-unsaturated/α-hetero) is 2. The lowest BCUT2D eigenvalue weighted by Gasteiger charge is -2.47. The molecule has 12 nitrogen and oxygen atoms in total. The van der Waals surface area contributed by atoms with Crippen LogP contribution in [0.25, 0.3) is 0 Å². The number of fused-ring (bicyclic) bond motifs is 1. The molecule has 0 aromatic carbocycles. The maximum atomic E-state index is 14.0. The Bertz CT molecular complexity index is 1120. The van der Waals surface area contributed by atoms with Crippen molar-refractivity contribution in [2.45, 2.75) is 128 Å². The van der Waals surface area contributed by atoms with Crippen LogP contribution in [-0.2, 0) is 38.1 Å². The number of nitrogens with zero attached hydrogens (tertiary/aromatic N) is 1. The average molecular weight is 623 g/mol. The number of aliphatic hydroxyl groups is 1. The van der Waals surface area contributed by atoms with Crippen LogP contribution in [0.1, 0.15) is 74.1 Å². The van der Waals surface area contributed by atoms with Gasteiger partial charge in [0.1, 0.15) is 36.8 Å². The van der Waals surface area contributed by atoms with Crippen molar-refractivity contribution in [2.75, 3.05) is 20.7 Å². The molecule has 3 fully saturated rings. The van der Waals surface area contributed by atoms with E-state index in [4.69, 9.17) is 30.1 Å². The molecule has 0 aromatic heterocycles. The van der Waals surface area contributed by atoms with Gasteiger partial charge in [0.15, 0.2) is 11.9 Å². The van der Waals surface area contributed by atoms with Gasteiger partial charge in [0.25, 0.3) is 0 Å². The molecule has 3 heterocycles. The molecule has 0 unspecified atom stereocenters. The summed E-state index contributed by atoms with van der Waals surface area (Å²) in [6.45, 7) is 11.9. The number of terminal acetylenes is 1. The van der Waals surface area contributed by atoms with Gasteiger partial charge in [0, 0.05) is 23.8 Å². The minimum absolute atomic E-state index is 0.0789. The van der Waals surface area contributed by atoms with Gasteiger partial charge in [-0.3, -0.25) is 14.4 Å². The van der Waals surface area contributed by atoms with Gasteiger partial charge in [0.2, 0.25) is 0 Å². The number of carbonyl (C=O) groups is 4. The SMILES string of the molecule is C#CCO[C@@]1(C)C[C@@H](C)C(=O)[C@@H](C)[C@H]2NC(=O)O[C@]2(C)[C@H](CC)OC(=O)CC(=O)[C@H](C)[C@H]1O[C@@H]1O[C@H](C)C[C@H](N(C)C)[C@H]1O. The van der Waals surface area contributed by atoms with E-state index < -0.39 is 83.9 Å². The zero-order valence-corrected chi connectivity index (χ0v) is 27.5. The summed E-state index contributed by atoms with van der Waals surface area (Å²) in [7, 11) is 3.70. The second-order valence-electron chi connectivity index (χ2n) is 13.2. The molecule has 12 heteroatoms. The molecular formula is C32H50N2O10. The van der Waals surface area contributed by atoms with E-state index in [-0.39, 0.29) is 37.4 Å². The predicted octanol–water partition coefficient (Wildman–Crippen LogP) is 2.24. The van der Waals surface area contributed by atoms with E-state index in [0.29, 0.717) is 6.42 Å². The largest absolute Gasteiger partial charge is 0.458 e. The van der Waals surface area contributed by atoms with Gasteiger partial charge in [-0.25, -0.2) is 4.79 Å². The van der Waals surface area contributed by atoms with Crippen molar-refractivity contribution in [3.05, 3.63) is 0 Å². The Balaban J connectivity index is 2.09. The average Bonchev–Trinajstić information content (AvgIpc) is 3.27. The number of alkyl carbamates (subject to hydrolysis) is 1. The smallest absolute Gasteiger partial charge is 0.408 e. The van der Waals surface area contributed by atoms with Gasteiger partial charge in [0.05, 0.1) is 23.9 Å². The zero-order valence-electron chi connectivity index (χ0n) is 27.5. The van der Waals surface area contributed by atoms with Crippen LogP contribution in [0.2, 0.25) is 0 Å². The minimum Gasteiger partial charge on any atom is -0.458 e. The van der Waals surface area contributed by atoms with Crippen molar-refractivity contribution < 1.29 is 48.0 Å². The topological polar surface area (TPSA) is 150 Å². The fraction of sp³-hybridized carbons (Fsp3) is 0.812. The van der Waals surface area contributed by atoms with Crippen molar-refractivity contribution in [2.24, 2.45) is 17.8 Å². The Morgan fingerprint density at radius 3 is 2.36 bits per heavy atom. The fourth-order valence-corrected chi connectivity index (χ4v) is 7.10. The molecule has 2 N–H and O–H groups in total. The number of aliphatic hydroxyl groups excluding tert-OH is 1. The van der Waals surface area contributed by atoms with E-state index in [1.54, 1.807) is 41.5 Å². The lowest BCUT2D eigenvalue weighted by molar-refractivity contribution is -0.296. The molecule has 3 aliphatic rings. The number of carbonyl (C=O) groups excluding carboxylic acids is 4. The Morgan fingerprint density at radius 1 is 1.11 bits per heavy atom. The second kappa shape index (κ2) is 14.3. The van der Waals surface area contributed by atoms with Gasteiger partial charge in [-0.1, -0.05) is 33.6 Å². The molecule has 0 bridgehead atoms. The molecule has 3 saturated heterocycles. The predicted molar refractivity (Wildman–Crippen MR) is 159 cm³/mol. The number of ketones is 2. The normalized spacial score (nSPS) is 42.5. The maximum Gasteiger partial charge on any atom is 0.408 e. The van der Waals surface area contributed by atoms with E-state index in [2.05, 4.69) is 11.2 Å². The van der Waals surface area contributed by atoms with Gasteiger partial charge in [-0.15, -0.1) is 6.42 Å². The van der Waals surface area contributed by atoms with E-state index in [0.717, 1.165) is 0 Å². The number of amides is 1. The standard InChI is InChI=1S/C32H50N2O10/c1-11-13-40-31(7)16-17(3)25(37)20(6)27-32(8,44-30(39)33-27)23(12-2)42-24(36)15-22(35)19(5)28(31)43-29-26(38)21(34(9)10)14-18(4)41-29/h1,17-21,23,26-29,38H,12-16H2,2-10H3,(H,33,39)/t17-,18-,19+,20-,21+,23+,26-,27-,28-,29+,31+,32-/m1/s1. The molecule has 0 saturated carbocycles. The molecule has 44 heavy (non-hydrogen) atoms. The zero-order chi connectivity index (χ0) is 33.1. The van der Waals surface area contributed by atoms with Crippen LogP contribution in [0.3, 0.4) is 0 Å². The Morgan fingerprint density at radius 2 is 1.77 bits per heavy atom. The van der Waals surface area contributed by atoms with E-state index >= 15 is 0 Å². The van der Waals surface area contributed by atoms with Gasteiger partial charge >= 0.3 is 12.1 Å². The van der Waals surface area contributed by atoms with Crippen LogP contribution >= 0.6 is 0 Å². The summed E-state index contributed by atoms with van der Waals surface area (Å²) in [5, 5.41) is 14.0. The number of hydrogen-bond donors (Lipinski definition) is 2. The highest BCUT2D eigenvalue weighted by atomic mass is 16.7. The van der Waals surface area contributed by atoms with Crippen LogP contribution in [0.15, 0.2) is 0 Å². The summed E-state index contributed by atoms with van der Waals surface area (Å²) in [5.74, 6) is -1.41. The van der Waals surface area contributed by atoms with Crippen LogP contribution in [0.5, 0.6) is 0 Å². The molecule has 0 radical (unpaired) electrons. The number of nitrogens with one attached hydrogen (secondary N) is 1. The first-order valence-electron chi connectivity index (χ1n) is 15.5. The molecule has 0 aliphatic carbocycles. The van der Waals surface area contributed by atoms with Crippen molar-refractivity contribution in [1.82, 2.24) is 10.2 Å². The van der Waals surface area contributed by atoms with E-state index in [9.17, 15) is 24.3 Å².